The van der Waals surface area contributed by atoms with Crippen molar-refractivity contribution in [2.45, 2.75) is 58.1 Å². The third-order valence-electron chi connectivity index (χ3n) is 4.67. The molecule has 20 heavy (non-hydrogen) atoms. The summed E-state index contributed by atoms with van der Waals surface area (Å²) in [5, 5.41) is 0.701. The molecule has 2 rings (SSSR count). The smallest absolute Gasteiger partial charge is 0.121 e. The fourth-order valence-electron chi connectivity index (χ4n) is 3.20. The van der Waals surface area contributed by atoms with E-state index in [4.69, 9.17) is 22.1 Å². The molecule has 0 saturated heterocycles. The van der Waals surface area contributed by atoms with E-state index in [9.17, 15) is 0 Å². The second kappa shape index (κ2) is 7.33. The van der Waals surface area contributed by atoms with Crippen LogP contribution in [0.2, 0.25) is 5.02 Å². The maximum Gasteiger partial charge on any atom is 0.121 e. The van der Waals surface area contributed by atoms with Gasteiger partial charge in [-0.15, -0.1) is 0 Å². The maximum absolute atomic E-state index is 6.41. The van der Waals surface area contributed by atoms with E-state index in [1.807, 2.05) is 24.3 Å². The number of halogens is 1. The number of hydrogen-bond acceptors (Lipinski definition) is 2. The minimum Gasteiger partial charge on any atom is -0.489 e. The van der Waals surface area contributed by atoms with Crippen molar-refractivity contribution in [3.05, 3.63) is 29.3 Å². The molecule has 0 aliphatic heterocycles. The number of benzene rings is 1. The van der Waals surface area contributed by atoms with Crippen LogP contribution in [0.4, 0.5) is 0 Å². The van der Waals surface area contributed by atoms with Gasteiger partial charge in [0.05, 0.1) is 0 Å². The summed E-state index contributed by atoms with van der Waals surface area (Å²) in [6.07, 6.45) is 6.44. The molecule has 1 aromatic rings. The quantitative estimate of drug-likeness (QED) is 0.858. The first-order valence-electron chi connectivity index (χ1n) is 7.78. The van der Waals surface area contributed by atoms with Crippen molar-refractivity contribution in [3.63, 3.8) is 0 Å². The molecular weight excluding hydrogens is 270 g/mol. The molecule has 1 aliphatic rings. The fourth-order valence-corrected chi connectivity index (χ4v) is 3.38. The number of hydrogen-bond donors (Lipinski definition) is 1. The van der Waals surface area contributed by atoms with E-state index in [0.29, 0.717) is 10.9 Å². The predicted octanol–water partition coefficient (Wildman–Crippen LogP) is 4.65. The van der Waals surface area contributed by atoms with Gasteiger partial charge in [-0.05, 0) is 49.8 Å². The van der Waals surface area contributed by atoms with Crippen LogP contribution in [-0.4, -0.2) is 12.1 Å². The zero-order valence-corrected chi connectivity index (χ0v) is 13.3. The van der Waals surface area contributed by atoms with Crippen LogP contribution in [0.25, 0.3) is 0 Å². The van der Waals surface area contributed by atoms with Crippen LogP contribution < -0.4 is 10.5 Å². The Morgan fingerprint density at radius 3 is 2.60 bits per heavy atom. The Balaban J connectivity index is 1.87. The third kappa shape index (κ3) is 4.13. The molecule has 1 aliphatic carbocycles. The molecule has 0 bridgehead atoms. The van der Waals surface area contributed by atoms with Crippen molar-refractivity contribution < 1.29 is 4.74 Å². The van der Waals surface area contributed by atoms with Gasteiger partial charge in [0.15, 0.2) is 0 Å². The molecule has 0 radical (unpaired) electrons. The Kier molecular flexibility index (Phi) is 5.74. The molecule has 112 valence electrons. The van der Waals surface area contributed by atoms with Gasteiger partial charge in [-0.25, -0.2) is 0 Å². The number of ether oxygens (including phenoxy) is 1. The monoisotopic (exact) mass is 295 g/mol. The molecule has 1 fully saturated rings. The number of nitrogens with two attached hydrogens (primary N) is 1. The highest BCUT2D eigenvalue weighted by atomic mass is 35.5. The van der Waals surface area contributed by atoms with Crippen molar-refractivity contribution >= 4 is 11.6 Å². The van der Waals surface area contributed by atoms with Crippen molar-refractivity contribution in [2.24, 2.45) is 17.6 Å². The Bertz CT molecular complexity index is 415. The molecule has 1 saturated carbocycles. The molecule has 2 nitrogen and oxygen atoms in total. The molecule has 0 amide bonds. The van der Waals surface area contributed by atoms with E-state index >= 15 is 0 Å². The second-order valence-corrected chi connectivity index (χ2v) is 6.48. The highest BCUT2D eigenvalue weighted by molar-refractivity contribution is 6.30. The molecule has 0 heterocycles. The average molecular weight is 296 g/mol. The summed E-state index contributed by atoms with van der Waals surface area (Å²) in [6, 6.07) is 7.64. The molecule has 3 heteroatoms. The molecule has 2 N–H and O–H groups in total. The Hall–Kier alpha value is -0.730. The van der Waals surface area contributed by atoms with Crippen LogP contribution in [0, 0.1) is 11.8 Å². The predicted molar refractivity (Wildman–Crippen MR) is 85.3 cm³/mol. The maximum atomic E-state index is 6.41. The lowest BCUT2D eigenvalue weighted by molar-refractivity contribution is 0.128. The zero-order valence-electron chi connectivity index (χ0n) is 12.5. The second-order valence-electron chi connectivity index (χ2n) is 6.05. The van der Waals surface area contributed by atoms with Crippen LogP contribution in [0.1, 0.15) is 46.0 Å². The van der Waals surface area contributed by atoms with E-state index in [2.05, 4.69) is 13.8 Å². The first kappa shape index (κ1) is 15.7. The Labute approximate surface area is 127 Å². The Morgan fingerprint density at radius 2 is 2.00 bits per heavy atom. The van der Waals surface area contributed by atoms with Crippen LogP contribution >= 0.6 is 11.6 Å². The van der Waals surface area contributed by atoms with Crippen molar-refractivity contribution in [3.8, 4) is 5.75 Å². The summed E-state index contributed by atoms with van der Waals surface area (Å²) in [6.45, 7) is 4.35. The molecule has 0 spiro atoms. The average Bonchev–Trinajstić information content (AvgIpc) is 2.46. The standard InChI is InChI=1S/C17H26ClNO/c1-3-13-7-9-14(10-8-13)17(19)12(2)20-16-6-4-5-15(18)11-16/h4-6,11-14,17H,3,7-10,19H2,1-2H3. The van der Waals surface area contributed by atoms with Crippen LogP contribution in [0.5, 0.6) is 5.75 Å². The first-order chi connectivity index (χ1) is 9.60. The Morgan fingerprint density at radius 1 is 1.30 bits per heavy atom. The van der Waals surface area contributed by atoms with Crippen molar-refractivity contribution in [1.82, 2.24) is 0 Å². The van der Waals surface area contributed by atoms with Crippen molar-refractivity contribution in [1.29, 1.82) is 0 Å². The molecule has 2 unspecified atom stereocenters. The largest absolute Gasteiger partial charge is 0.489 e. The SMILES string of the molecule is CCC1CCC(C(N)C(C)Oc2cccc(Cl)c2)CC1. The van der Waals surface area contributed by atoms with Gasteiger partial charge in [0, 0.05) is 11.1 Å². The van der Waals surface area contributed by atoms with Crippen LogP contribution in [0.15, 0.2) is 24.3 Å². The summed E-state index contributed by atoms with van der Waals surface area (Å²) < 4.78 is 5.95. The highest BCUT2D eigenvalue weighted by Crippen LogP contribution is 2.33. The summed E-state index contributed by atoms with van der Waals surface area (Å²) in [4.78, 5) is 0. The van der Waals surface area contributed by atoms with E-state index in [1.165, 1.54) is 32.1 Å². The lowest BCUT2D eigenvalue weighted by Gasteiger charge is -2.34. The zero-order chi connectivity index (χ0) is 14.5. The summed E-state index contributed by atoms with van der Waals surface area (Å²) in [7, 11) is 0. The van der Waals surface area contributed by atoms with Gasteiger partial charge in [0.1, 0.15) is 11.9 Å². The van der Waals surface area contributed by atoms with Crippen molar-refractivity contribution in [2.75, 3.05) is 0 Å². The lowest BCUT2D eigenvalue weighted by atomic mass is 9.77. The van der Waals surface area contributed by atoms with Gasteiger partial charge in [-0.1, -0.05) is 43.9 Å². The number of rotatable bonds is 5. The van der Waals surface area contributed by atoms with E-state index in [-0.39, 0.29) is 12.1 Å². The molecular formula is C17H26ClNO. The summed E-state index contributed by atoms with van der Waals surface area (Å²) in [5.41, 5.74) is 6.41. The third-order valence-corrected chi connectivity index (χ3v) is 4.91. The van der Waals surface area contributed by atoms with E-state index in [0.717, 1.165) is 11.7 Å². The highest BCUT2D eigenvalue weighted by Gasteiger charge is 2.28. The van der Waals surface area contributed by atoms with Gasteiger partial charge in [-0.2, -0.15) is 0 Å². The minimum absolute atomic E-state index is 0.0247. The molecule has 0 aromatic heterocycles. The summed E-state index contributed by atoms with van der Waals surface area (Å²) >= 11 is 5.98. The van der Waals surface area contributed by atoms with E-state index < -0.39 is 0 Å². The van der Waals surface area contributed by atoms with E-state index in [1.54, 1.807) is 0 Å². The van der Waals surface area contributed by atoms with Gasteiger partial charge in [-0.3, -0.25) is 0 Å². The normalized spacial score (nSPS) is 26.0. The summed E-state index contributed by atoms with van der Waals surface area (Å²) in [5.74, 6) is 2.30. The lowest BCUT2D eigenvalue weighted by Crippen LogP contribution is -2.44. The van der Waals surface area contributed by atoms with Crippen LogP contribution in [0.3, 0.4) is 0 Å². The topological polar surface area (TPSA) is 35.2 Å². The molecule has 1 aromatic carbocycles. The minimum atomic E-state index is 0.0247. The first-order valence-corrected chi connectivity index (χ1v) is 8.15. The van der Waals surface area contributed by atoms with Crippen LogP contribution in [-0.2, 0) is 0 Å². The van der Waals surface area contributed by atoms with Gasteiger partial charge < -0.3 is 10.5 Å². The molecule has 2 atom stereocenters. The van der Waals surface area contributed by atoms with Gasteiger partial charge in [0.2, 0.25) is 0 Å². The van der Waals surface area contributed by atoms with Gasteiger partial charge in [0.25, 0.3) is 0 Å². The van der Waals surface area contributed by atoms with Gasteiger partial charge >= 0.3 is 0 Å². The fraction of sp³-hybridized carbons (Fsp3) is 0.647.